The van der Waals surface area contributed by atoms with Gasteiger partial charge >= 0.3 is 0 Å². The molecule has 1 aliphatic rings. The van der Waals surface area contributed by atoms with Crippen LogP contribution in [0.1, 0.15) is 29.8 Å². The Kier molecular flexibility index (Phi) is 2.87. The summed E-state index contributed by atoms with van der Waals surface area (Å²) >= 11 is 1.39. The molecule has 0 fully saturated rings. The number of carbonyl (C=O) groups excluding carboxylic acids is 1. The van der Waals surface area contributed by atoms with Crippen LogP contribution in [-0.4, -0.2) is 21.0 Å². The highest BCUT2D eigenvalue weighted by atomic mass is 32.2. The van der Waals surface area contributed by atoms with Crippen LogP contribution in [0.15, 0.2) is 29.4 Å². The Bertz CT molecular complexity index is 479. The number of aryl methyl sites for hydroxylation is 1. The first-order valence-electron chi connectivity index (χ1n) is 5.34. The van der Waals surface area contributed by atoms with Crippen molar-refractivity contribution in [3.63, 3.8) is 0 Å². The first-order chi connectivity index (χ1) is 7.90. The third-order valence-corrected chi connectivity index (χ3v) is 3.52. The number of rotatable bonds is 1. The number of amidine groups is 1. The van der Waals surface area contributed by atoms with Gasteiger partial charge in [0.1, 0.15) is 4.87 Å². The maximum atomic E-state index is 12.3. The molecule has 0 bridgehead atoms. The fraction of sp³-hybridized carbons (Fsp3) is 0.333. The Hall–Kier alpha value is -1.49. The Morgan fingerprint density at radius 1 is 1.35 bits per heavy atom. The molecule has 0 aliphatic carbocycles. The third kappa shape index (κ3) is 2.29. The molecule has 2 N–H and O–H groups in total. The molecule has 2 rings (SSSR count). The molecule has 0 saturated heterocycles. The molecule has 0 spiro atoms. The number of amides is 1. The van der Waals surface area contributed by atoms with E-state index in [0.29, 0.717) is 10.7 Å². The highest BCUT2D eigenvalue weighted by Gasteiger charge is 2.38. The van der Waals surface area contributed by atoms with Crippen LogP contribution in [0.25, 0.3) is 0 Å². The monoisotopic (exact) mass is 249 g/mol. The van der Waals surface area contributed by atoms with Gasteiger partial charge < -0.3 is 5.73 Å². The van der Waals surface area contributed by atoms with Gasteiger partial charge in [-0.05, 0) is 32.9 Å². The lowest BCUT2D eigenvalue weighted by Gasteiger charge is -2.27. The molecular formula is C12H15N3OS. The average molecular weight is 249 g/mol. The lowest BCUT2D eigenvalue weighted by molar-refractivity contribution is 0.0691. The van der Waals surface area contributed by atoms with Crippen LogP contribution < -0.4 is 5.73 Å². The second kappa shape index (κ2) is 4.07. The fourth-order valence-corrected chi connectivity index (χ4v) is 2.49. The van der Waals surface area contributed by atoms with Gasteiger partial charge in [-0.15, -0.1) is 5.10 Å². The van der Waals surface area contributed by atoms with E-state index in [1.807, 2.05) is 45.0 Å². The molecule has 1 aliphatic heterocycles. The van der Waals surface area contributed by atoms with Gasteiger partial charge in [-0.3, -0.25) is 4.79 Å². The van der Waals surface area contributed by atoms with E-state index < -0.39 is 4.87 Å². The smallest absolute Gasteiger partial charge is 0.275 e. The van der Waals surface area contributed by atoms with Crippen LogP contribution in [0.2, 0.25) is 0 Å². The molecule has 1 aromatic rings. The van der Waals surface area contributed by atoms with Crippen LogP contribution >= 0.6 is 11.8 Å². The van der Waals surface area contributed by atoms with Crippen molar-refractivity contribution >= 4 is 22.8 Å². The van der Waals surface area contributed by atoms with Gasteiger partial charge in [-0.25, -0.2) is 5.01 Å². The Morgan fingerprint density at radius 3 is 2.41 bits per heavy atom. The molecule has 90 valence electrons. The van der Waals surface area contributed by atoms with Crippen molar-refractivity contribution in [1.82, 2.24) is 5.01 Å². The number of benzene rings is 1. The quantitative estimate of drug-likeness (QED) is 0.829. The van der Waals surface area contributed by atoms with Crippen molar-refractivity contribution < 1.29 is 4.79 Å². The predicted octanol–water partition coefficient (Wildman–Crippen LogP) is 2.15. The van der Waals surface area contributed by atoms with Crippen LogP contribution in [0.5, 0.6) is 0 Å². The minimum atomic E-state index is -0.425. The highest BCUT2D eigenvalue weighted by molar-refractivity contribution is 8.15. The molecule has 5 heteroatoms. The number of nitrogens with two attached hydrogens (primary N) is 1. The SMILES string of the molecule is Cc1ccc(C(=O)N2N=C(N)SC2(C)C)cc1. The van der Waals surface area contributed by atoms with E-state index >= 15 is 0 Å². The third-order valence-electron chi connectivity index (χ3n) is 2.55. The van der Waals surface area contributed by atoms with E-state index in [4.69, 9.17) is 5.73 Å². The van der Waals surface area contributed by atoms with E-state index in [9.17, 15) is 4.79 Å². The number of carbonyl (C=O) groups is 1. The first kappa shape index (κ1) is 12.0. The number of hydrazone groups is 1. The van der Waals surface area contributed by atoms with Crippen molar-refractivity contribution in [1.29, 1.82) is 0 Å². The number of thioether (sulfide) groups is 1. The second-order valence-corrected chi connectivity index (χ2v) is 6.09. The zero-order valence-corrected chi connectivity index (χ0v) is 10.9. The normalized spacial score (nSPS) is 18.1. The standard InChI is InChI=1S/C12H15N3OS/c1-8-4-6-9(7-5-8)10(16)15-12(2,3)17-11(13)14-15/h4-7H,1-3H3,(H2,13,14). The largest absolute Gasteiger partial charge is 0.377 e. The lowest BCUT2D eigenvalue weighted by Crippen LogP contribution is -2.38. The fourth-order valence-electron chi connectivity index (χ4n) is 1.65. The summed E-state index contributed by atoms with van der Waals surface area (Å²) in [6, 6.07) is 7.44. The lowest BCUT2D eigenvalue weighted by atomic mass is 10.1. The van der Waals surface area contributed by atoms with Crippen LogP contribution in [0.3, 0.4) is 0 Å². The minimum Gasteiger partial charge on any atom is -0.377 e. The van der Waals surface area contributed by atoms with Crippen molar-refractivity contribution in [2.45, 2.75) is 25.6 Å². The summed E-state index contributed by atoms with van der Waals surface area (Å²) < 4.78 is 0. The van der Waals surface area contributed by atoms with E-state index in [-0.39, 0.29) is 5.91 Å². The summed E-state index contributed by atoms with van der Waals surface area (Å²) in [5.74, 6) is -0.122. The molecule has 0 saturated carbocycles. The maximum absolute atomic E-state index is 12.3. The van der Waals surface area contributed by atoms with Gasteiger partial charge in [0.05, 0.1) is 0 Å². The van der Waals surface area contributed by atoms with Crippen LogP contribution in [-0.2, 0) is 0 Å². The summed E-state index contributed by atoms with van der Waals surface area (Å²) in [6.45, 7) is 5.83. The van der Waals surface area contributed by atoms with Gasteiger partial charge in [0.25, 0.3) is 5.91 Å². The summed E-state index contributed by atoms with van der Waals surface area (Å²) in [6.07, 6.45) is 0. The minimum absolute atomic E-state index is 0.122. The molecule has 0 unspecified atom stereocenters. The van der Waals surface area contributed by atoms with E-state index in [0.717, 1.165) is 5.56 Å². The molecule has 1 heterocycles. The Morgan fingerprint density at radius 2 is 1.94 bits per heavy atom. The van der Waals surface area contributed by atoms with Crippen LogP contribution in [0, 0.1) is 6.92 Å². The van der Waals surface area contributed by atoms with Gasteiger partial charge in [0.15, 0.2) is 5.17 Å². The topological polar surface area (TPSA) is 58.7 Å². The van der Waals surface area contributed by atoms with Crippen molar-refractivity contribution in [3.8, 4) is 0 Å². The number of nitrogens with zero attached hydrogens (tertiary/aromatic N) is 2. The molecule has 0 aromatic heterocycles. The van der Waals surface area contributed by atoms with Crippen molar-refractivity contribution in [3.05, 3.63) is 35.4 Å². The molecule has 0 radical (unpaired) electrons. The highest BCUT2D eigenvalue weighted by Crippen LogP contribution is 2.35. The summed E-state index contributed by atoms with van der Waals surface area (Å²) in [4.78, 5) is 11.8. The average Bonchev–Trinajstić information content (AvgIpc) is 2.52. The Balaban J connectivity index is 2.29. The summed E-state index contributed by atoms with van der Waals surface area (Å²) in [5, 5.41) is 5.95. The zero-order valence-electron chi connectivity index (χ0n) is 10.1. The second-order valence-electron chi connectivity index (χ2n) is 4.47. The zero-order chi connectivity index (χ0) is 12.6. The molecule has 1 aromatic carbocycles. The van der Waals surface area contributed by atoms with Crippen LogP contribution in [0.4, 0.5) is 0 Å². The maximum Gasteiger partial charge on any atom is 0.275 e. The summed E-state index contributed by atoms with van der Waals surface area (Å²) in [7, 11) is 0. The molecule has 17 heavy (non-hydrogen) atoms. The molecule has 0 atom stereocenters. The van der Waals surface area contributed by atoms with Gasteiger partial charge in [0.2, 0.25) is 0 Å². The number of hydrogen-bond donors (Lipinski definition) is 1. The Labute approximate surface area is 105 Å². The molecule has 1 amide bonds. The van der Waals surface area contributed by atoms with Gasteiger partial charge in [-0.2, -0.15) is 0 Å². The van der Waals surface area contributed by atoms with E-state index in [1.54, 1.807) is 0 Å². The van der Waals surface area contributed by atoms with E-state index in [2.05, 4.69) is 5.10 Å². The molecular weight excluding hydrogens is 234 g/mol. The van der Waals surface area contributed by atoms with E-state index in [1.165, 1.54) is 16.8 Å². The summed E-state index contributed by atoms with van der Waals surface area (Å²) in [5.41, 5.74) is 7.41. The van der Waals surface area contributed by atoms with Crippen molar-refractivity contribution in [2.75, 3.05) is 0 Å². The van der Waals surface area contributed by atoms with Gasteiger partial charge in [0, 0.05) is 5.56 Å². The predicted molar refractivity (Wildman–Crippen MR) is 70.6 cm³/mol. The first-order valence-corrected chi connectivity index (χ1v) is 6.16. The number of hydrogen-bond acceptors (Lipinski definition) is 4. The van der Waals surface area contributed by atoms with Crippen molar-refractivity contribution in [2.24, 2.45) is 10.8 Å². The van der Waals surface area contributed by atoms with Gasteiger partial charge in [-0.1, -0.05) is 29.5 Å². The molecule has 4 nitrogen and oxygen atoms in total.